The first-order valence-corrected chi connectivity index (χ1v) is 10.1. The van der Waals surface area contributed by atoms with Crippen LogP contribution in [0.5, 0.6) is 0 Å². The summed E-state index contributed by atoms with van der Waals surface area (Å²) in [6, 6.07) is 17.2. The van der Waals surface area contributed by atoms with E-state index in [2.05, 4.69) is 6.07 Å². The number of hydrogen-bond acceptors (Lipinski definition) is 6. The van der Waals surface area contributed by atoms with Gasteiger partial charge >= 0.3 is 5.97 Å². The summed E-state index contributed by atoms with van der Waals surface area (Å²) in [6.07, 6.45) is 0. The summed E-state index contributed by atoms with van der Waals surface area (Å²) in [4.78, 5) is 14.6. The Hall–Kier alpha value is -2.69. The molecule has 0 bridgehead atoms. The summed E-state index contributed by atoms with van der Waals surface area (Å²) >= 11 is 7.10. The number of benzene rings is 2. The van der Waals surface area contributed by atoms with Gasteiger partial charge in [0.2, 0.25) is 0 Å². The number of para-hydroxylation sites is 1. The van der Waals surface area contributed by atoms with Crippen LogP contribution in [0.3, 0.4) is 0 Å². The average molecular weight is 412 g/mol. The highest BCUT2D eigenvalue weighted by atomic mass is 32.1. The minimum atomic E-state index is -1.00. The van der Waals surface area contributed by atoms with Gasteiger partial charge in [-0.3, -0.25) is 4.79 Å². The molecule has 0 aliphatic rings. The first-order valence-electron chi connectivity index (χ1n) is 8.91. The average Bonchev–Trinajstić information content (AvgIpc) is 3.01. The molecule has 1 heterocycles. The Balaban J connectivity index is 2.22. The maximum Gasteiger partial charge on any atom is 0.325 e. The van der Waals surface area contributed by atoms with E-state index in [1.165, 1.54) is 11.3 Å². The van der Waals surface area contributed by atoms with Crippen molar-refractivity contribution in [1.29, 1.82) is 5.26 Å². The third-order valence-corrected chi connectivity index (χ3v) is 5.93. The summed E-state index contributed by atoms with van der Waals surface area (Å²) in [5.74, 6) is -1.54. The van der Waals surface area contributed by atoms with Gasteiger partial charge in [0.1, 0.15) is 0 Å². The van der Waals surface area contributed by atoms with Gasteiger partial charge in [-0.25, -0.2) is 0 Å². The number of anilines is 1. The second-order valence-electron chi connectivity index (χ2n) is 6.50. The van der Waals surface area contributed by atoms with Crippen LogP contribution < -0.4 is 4.90 Å². The molecule has 0 saturated carbocycles. The fraction of sp³-hybridized carbons (Fsp3) is 0.286. The van der Waals surface area contributed by atoms with Gasteiger partial charge in [0, 0.05) is 19.8 Å². The number of nitriles is 1. The van der Waals surface area contributed by atoms with Gasteiger partial charge in [-0.2, -0.15) is 5.26 Å². The van der Waals surface area contributed by atoms with E-state index in [-0.39, 0.29) is 6.61 Å². The van der Waals surface area contributed by atoms with Gasteiger partial charge < -0.3 is 14.2 Å². The molecule has 0 N–H and O–H groups in total. The fourth-order valence-electron chi connectivity index (χ4n) is 3.19. The lowest BCUT2D eigenvalue weighted by Crippen LogP contribution is -2.28. The van der Waals surface area contributed by atoms with Crippen molar-refractivity contribution in [2.45, 2.75) is 13.0 Å². The maximum absolute atomic E-state index is 12.6. The highest BCUT2D eigenvalue weighted by molar-refractivity contribution is 7.73. The number of nitrogens with zero attached hydrogens (tertiary/aromatic N) is 3. The maximum atomic E-state index is 12.6. The zero-order valence-corrected chi connectivity index (χ0v) is 17.6. The predicted molar refractivity (Wildman–Crippen MR) is 115 cm³/mol. The molecule has 0 saturated heterocycles. The van der Waals surface area contributed by atoms with Crippen LogP contribution in [-0.4, -0.2) is 31.2 Å². The SMILES string of the molecule is CCOC(=O)[C@H](C#N)[C@@H](c1ccc(N(C)C)cc1)n1c(=S)sc2ccccc21. The normalized spacial score (nSPS) is 12.9. The fourth-order valence-corrected chi connectivity index (χ4v) is 4.59. The summed E-state index contributed by atoms with van der Waals surface area (Å²) in [6.45, 7) is 1.96. The first kappa shape index (κ1) is 20.1. The molecule has 28 heavy (non-hydrogen) atoms. The van der Waals surface area contributed by atoms with E-state index in [1.54, 1.807) is 6.92 Å². The molecule has 0 aliphatic heterocycles. The molecule has 3 aromatic rings. The quantitative estimate of drug-likeness (QED) is 0.431. The van der Waals surface area contributed by atoms with Crippen LogP contribution in [0.2, 0.25) is 0 Å². The molecule has 144 valence electrons. The molecule has 2 aromatic carbocycles. The molecule has 2 atom stereocenters. The number of fused-ring (bicyclic) bond motifs is 1. The van der Waals surface area contributed by atoms with Crippen LogP contribution in [0.1, 0.15) is 18.5 Å². The largest absolute Gasteiger partial charge is 0.465 e. The number of thiazole rings is 1. The minimum absolute atomic E-state index is 0.221. The third kappa shape index (κ3) is 3.79. The van der Waals surface area contributed by atoms with Gasteiger partial charge in [-0.1, -0.05) is 24.3 Å². The van der Waals surface area contributed by atoms with E-state index in [1.807, 2.05) is 72.1 Å². The van der Waals surface area contributed by atoms with Crippen LogP contribution in [0.4, 0.5) is 5.69 Å². The van der Waals surface area contributed by atoms with E-state index in [4.69, 9.17) is 17.0 Å². The zero-order chi connectivity index (χ0) is 20.3. The van der Waals surface area contributed by atoms with Crippen LogP contribution in [0, 0.1) is 21.2 Å². The molecule has 0 amide bonds. The number of carbonyl (C=O) groups is 1. The zero-order valence-electron chi connectivity index (χ0n) is 16.0. The number of hydrogen-bond donors (Lipinski definition) is 0. The van der Waals surface area contributed by atoms with Crippen LogP contribution in [-0.2, 0) is 9.53 Å². The van der Waals surface area contributed by atoms with E-state index in [9.17, 15) is 10.1 Å². The van der Waals surface area contributed by atoms with Gasteiger partial charge in [0.15, 0.2) is 9.87 Å². The van der Waals surface area contributed by atoms with Crippen molar-refractivity contribution >= 4 is 45.4 Å². The Morgan fingerprint density at radius 3 is 2.54 bits per heavy atom. The Morgan fingerprint density at radius 2 is 1.93 bits per heavy atom. The molecular weight excluding hydrogens is 390 g/mol. The molecular formula is C21H21N3O2S2. The number of aromatic nitrogens is 1. The molecule has 0 aliphatic carbocycles. The standard InChI is InChI=1S/C21H21N3O2S2/c1-4-26-20(25)16(13-22)19(14-9-11-15(12-10-14)23(2)3)24-17-7-5-6-8-18(17)28-21(24)27/h5-12,16,19H,4H2,1-3H3/t16-,19-/m1/s1. The van der Waals surface area contributed by atoms with Crippen molar-refractivity contribution in [2.24, 2.45) is 5.92 Å². The molecule has 7 heteroatoms. The van der Waals surface area contributed by atoms with Crippen molar-refractivity contribution in [3.63, 3.8) is 0 Å². The number of carbonyl (C=O) groups excluding carboxylic acids is 1. The van der Waals surface area contributed by atoms with Gasteiger partial charge in [0.25, 0.3) is 0 Å². The number of esters is 1. The lowest BCUT2D eigenvalue weighted by atomic mass is 9.93. The van der Waals surface area contributed by atoms with E-state index in [0.717, 1.165) is 21.5 Å². The predicted octanol–water partition coefficient (Wildman–Crippen LogP) is 4.79. The van der Waals surface area contributed by atoms with E-state index in [0.29, 0.717) is 3.95 Å². The number of rotatable bonds is 6. The van der Waals surface area contributed by atoms with Crippen molar-refractivity contribution < 1.29 is 9.53 Å². The van der Waals surface area contributed by atoms with Crippen molar-refractivity contribution in [2.75, 3.05) is 25.6 Å². The Bertz CT molecular complexity index is 1080. The summed E-state index contributed by atoms with van der Waals surface area (Å²) in [5, 5.41) is 9.86. The highest BCUT2D eigenvalue weighted by Gasteiger charge is 2.34. The Morgan fingerprint density at radius 1 is 1.25 bits per heavy atom. The first-order chi connectivity index (χ1) is 13.5. The third-order valence-electron chi connectivity index (χ3n) is 4.54. The van der Waals surface area contributed by atoms with E-state index >= 15 is 0 Å². The van der Waals surface area contributed by atoms with Gasteiger partial charge in [-0.15, -0.1) is 11.3 Å². The smallest absolute Gasteiger partial charge is 0.325 e. The summed E-state index contributed by atoms with van der Waals surface area (Å²) < 4.78 is 8.74. The lowest BCUT2D eigenvalue weighted by molar-refractivity contribution is -0.146. The van der Waals surface area contributed by atoms with Crippen LogP contribution in [0.25, 0.3) is 10.2 Å². The summed E-state index contributed by atoms with van der Waals surface area (Å²) in [7, 11) is 3.93. The van der Waals surface area contributed by atoms with Crippen LogP contribution >= 0.6 is 23.6 Å². The highest BCUT2D eigenvalue weighted by Crippen LogP contribution is 2.35. The van der Waals surface area contributed by atoms with Crippen LogP contribution in [0.15, 0.2) is 48.5 Å². The van der Waals surface area contributed by atoms with Gasteiger partial charge in [-0.05, 0) is 49.0 Å². The molecule has 0 spiro atoms. The van der Waals surface area contributed by atoms with Crippen molar-refractivity contribution in [1.82, 2.24) is 4.57 Å². The second-order valence-corrected chi connectivity index (χ2v) is 8.17. The molecule has 0 radical (unpaired) electrons. The van der Waals surface area contributed by atoms with Crippen molar-refractivity contribution in [3.8, 4) is 6.07 Å². The second kappa shape index (κ2) is 8.55. The number of ether oxygens (including phenoxy) is 1. The monoisotopic (exact) mass is 411 g/mol. The van der Waals surface area contributed by atoms with Crippen molar-refractivity contribution in [3.05, 3.63) is 58.0 Å². The molecule has 3 rings (SSSR count). The molecule has 1 aromatic heterocycles. The minimum Gasteiger partial charge on any atom is -0.465 e. The van der Waals surface area contributed by atoms with Gasteiger partial charge in [0.05, 0.1) is 28.9 Å². The summed E-state index contributed by atoms with van der Waals surface area (Å²) in [5.41, 5.74) is 2.78. The molecule has 0 fully saturated rings. The Labute approximate surface area is 173 Å². The Kier molecular flexibility index (Phi) is 6.12. The molecule has 0 unspecified atom stereocenters. The lowest BCUT2D eigenvalue weighted by Gasteiger charge is -2.24. The van der Waals surface area contributed by atoms with E-state index < -0.39 is 17.9 Å². The topological polar surface area (TPSA) is 58.3 Å². The molecule has 5 nitrogen and oxygen atoms in total.